The summed E-state index contributed by atoms with van der Waals surface area (Å²) >= 11 is 7.09. The number of rotatable bonds is 3. The van der Waals surface area contributed by atoms with Crippen molar-refractivity contribution in [3.63, 3.8) is 0 Å². The molecule has 0 unspecified atom stereocenters. The Morgan fingerprint density at radius 2 is 1.18 bits per heavy atom. The first kappa shape index (κ1) is 14.6. The number of fused-ring (bicyclic) bond motifs is 2. The van der Waals surface area contributed by atoms with Crippen LogP contribution in [0.3, 0.4) is 0 Å². The van der Waals surface area contributed by atoms with Gasteiger partial charge < -0.3 is 0 Å². The summed E-state index contributed by atoms with van der Waals surface area (Å²) in [5.74, 6) is 0. The van der Waals surface area contributed by atoms with Gasteiger partial charge in [0.15, 0.2) is 0 Å². The largest absolute Gasteiger partial charge is 0.277 e. The molecule has 2 heterocycles. The van der Waals surface area contributed by atoms with E-state index in [1.165, 1.54) is 0 Å². The van der Waals surface area contributed by atoms with Crippen molar-refractivity contribution in [2.45, 2.75) is 9.79 Å². The third-order valence-corrected chi connectivity index (χ3v) is 7.10. The lowest BCUT2D eigenvalue weighted by Gasteiger charge is -2.05. The zero-order valence-corrected chi connectivity index (χ0v) is 15.7. The molecule has 0 amide bonds. The lowest BCUT2D eigenvalue weighted by molar-refractivity contribution is 1.11. The highest BCUT2D eigenvalue weighted by Crippen LogP contribution is 2.44. The fraction of sp³-hybridized carbons (Fsp3) is 0. The molecule has 0 aliphatic carbocycles. The number of nitrogens with one attached hydrogen (secondary N) is 2. The molecule has 0 saturated carbocycles. The average Bonchev–Trinajstić information content (AvgIpc) is 3.18. The Morgan fingerprint density at radius 3 is 1.64 bits per heavy atom. The second-order valence-electron chi connectivity index (χ2n) is 4.58. The van der Waals surface area contributed by atoms with E-state index < -0.39 is 0 Å². The highest BCUT2D eigenvalue weighted by molar-refractivity contribution is 9.11. The molecule has 22 heavy (non-hydrogen) atoms. The molecule has 0 saturated heterocycles. The van der Waals surface area contributed by atoms with Crippen molar-refractivity contribution in [3.8, 4) is 0 Å². The summed E-state index contributed by atoms with van der Waals surface area (Å²) in [5.41, 5.74) is 2.09. The molecule has 2 aromatic heterocycles. The van der Waals surface area contributed by atoms with E-state index in [2.05, 4.69) is 64.4 Å². The second-order valence-corrected chi connectivity index (χ2v) is 8.50. The highest BCUT2D eigenvalue weighted by Gasteiger charge is 2.11. The van der Waals surface area contributed by atoms with Crippen molar-refractivity contribution in [2.75, 3.05) is 0 Å². The van der Waals surface area contributed by atoms with Crippen molar-refractivity contribution < 1.29 is 0 Å². The van der Waals surface area contributed by atoms with Crippen LogP contribution < -0.4 is 0 Å². The summed E-state index contributed by atoms with van der Waals surface area (Å²) in [4.78, 5) is 2.30. The molecule has 0 aliphatic heterocycles. The number of H-pyrrole nitrogens is 2. The van der Waals surface area contributed by atoms with Gasteiger partial charge in [-0.2, -0.15) is 10.2 Å². The number of benzene rings is 2. The maximum atomic E-state index is 4.13. The van der Waals surface area contributed by atoms with Crippen molar-refractivity contribution >= 4 is 75.3 Å². The monoisotopic (exact) mass is 454 g/mol. The number of aromatic amines is 2. The number of aromatic nitrogens is 4. The van der Waals surface area contributed by atoms with E-state index in [1.807, 2.05) is 24.5 Å². The topological polar surface area (TPSA) is 57.4 Å². The van der Waals surface area contributed by atoms with E-state index in [9.17, 15) is 0 Å². The van der Waals surface area contributed by atoms with Crippen molar-refractivity contribution in [2.24, 2.45) is 0 Å². The van der Waals surface area contributed by atoms with E-state index >= 15 is 0 Å². The molecule has 0 aliphatic rings. The molecule has 8 heteroatoms. The zero-order chi connectivity index (χ0) is 15.1. The SMILES string of the molecule is Brc1ccc(SSc2ccc(Br)c3cn[nH]c23)c2[nH]ncc12. The Balaban J connectivity index is 1.69. The van der Waals surface area contributed by atoms with E-state index in [1.54, 1.807) is 21.6 Å². The molecule has 4 nitrogen and oxygen atoms in total. The summed E-state index contributed by atoms with van der Waals surface area (Å²) in [5, 5.41) is 16.6. The maximum Gasteiger partial charge on any atom is 0.0806 e. The number of hydrogen-bond donors (Lipinski definition) is 2. The van der Waals surface area contributed by atoms with Gasteiger partial charge in [-0.15, -0.1) is 0 Å². The summed E-state index contributed by atoms with van der Waals surface area (Å²) in [7, 11) is 3.40. The first-order valence-electron chi connectivity index (χ1n) is 6.32. The van der Waals surface area contributed by atoms with Crippen LogP contribution in [0, 0.1) is 0 Å². The Kier molecular flexibility index (Phi) is 3.93. The highest BCUT2D eigenvalue weighted by atomic mass is 79.9. The van der Waals surface area contributed by atoms with E-state index in [4.69, 9.17) is 0 Å². The van der Waals surface area contributed by atoms with Crippen molar-refractivity contribution in [3.05, 3.63) is 45.6 Å². The predicted octanol–water partition coefficient (Wildman–Crippen LogP) is 5.76. The van der Waals surface area contributed by atoms with Crippen LogP contribution >= 0.6 is 53.4 Å². The maximum absolute atomic E-state index is 4.13. The van der Waals surface area contributed by atoms with E-state index in [-0.39, 0.29) is 0 Å². The van der Waals surface area contributed by atoms with Crippen LogP contribution in [0.4, 0.5) is 0 Å². The summed E-state index contributed by atoms with van der Waals surface area (Å²) in [6, 6.07) is 8.28. The summed E-state index contributed by atoms with van der Waals surface area (Å²) < 4.78 is 2.09. The van der Waals surface area contributed by atoms with Gasteiger partial charge in [0.2, 0.25) is 0 Å². The molecule has 0 fully saturated rings. The van der Waals surface area contributed by atoms with Crippen LogP contribution in [0.1, 0.15) is 0 Å². The Bertz CT molecular complexity index is 899. The Labute approximate surface area is 150 Å². The third kappa shape index (κ3) is 2.47. The zero-order valence-electron chi connectivity index (χ0n) is 10.9. The lowest BCUT2D eigenvalue weighted by Crippen LogP contribution is -1.78. The minimum absolute atomic E-state index is 1.05. The van der Waals surface area contributed by atoms with Crippen molar-refractivity contribution in [1.29, 1.82) is 0 Å². The van der Waals surface area contributed by atoms with Gasteiger partial charge in [-0.3, -0.25) is 10.2 Å². The smallest absolute Gasteiger partial charge is 0.0806 e. The molecular weight excluding hydrogens is 448 g/mol. The Morgan fingerprint density at radius 1 is 0.727 bits per heavy atom. The van der Waals surface area contributed by atoms with Gasteiger partial charge in [0.1, 0.15) is 0 Å². The number of nitrogens with zero attached hydrogens (tertiary/aromatic N) is 2. The van der Waals surface area contributed by atoms with Gasteiger partial charge in [-0.05, 0) is 24.3 Å². The van der Waals surface area contributed by atoms with Crippen LogP contribution in [0.25, 0.3) is 21.8 Å². The normalized spacial score (nSPS) is 11.5. The van der Waals surface area contributed by atoms with Crippen LogP contribution in [-0.4, -0.2) is 20.4 Å². The van der Waals surface area contributed by atoms with Crippen LogP contribution in [-0.2, 0) is 0 Å². The first-order chi connectivity index (χ1) is 10.7. The van der Waals surface area contributed by atoms with Gasteiger partial charge in [0.25, 0.3) is 0 Å². The fourth-order valence-electron chi connectivity index (χ4n) is 2.18. The molecule has 0 bridgehead atoms. The molecule has 2 aromatic carbocycles. The summed E-state index contributed by atoms with van der Waals surface area (Å²) in [6.45, 7) is 0. The predicted molar refractivity (Wildman–Crippen MR) is 99.3 cm³/mol. The van der Waals surface area contributed by atoms with Crippen LogP contribution in [0.15, 0.2) is 55.4 Å². The van der Waals surface area contributed by atoms with Crippen LogP contribution in [0.2, 0.25) is 0 Å². The fourth-order valence-corrected chi connectivity index (χ4v) is 5.32. The molecule has 0 radical (unpaired) electrons. The number of halogens is 2. The number of hydrogen-bond acceptors (Lipinski definition) is 4. The summed E-state index contributed by atoms with van der Waals surface area (Å²) in [6.07, 6.45) is 3.67. The second kappa shape index (κ2) is 5.92. The Hall–Kier alpha value is -0.960. The van der Waals surface area contributed by atoms with E-state index in [0.717, 1.165) is 40.5 Å². The van der Waals surface area contributed by atoms with Crippen molar-refractivity contribution in [1.82, 2.24) is 20.4 Å². The molecule has 4 aromatic rings. The van der Waals surface area contributed by atoms with Gasteiger partial charge in [-0.25, -0.2) is 0 Å². The quantitative estimate of drug-likeness (QED) is 0.385. The van der Waals surface area contributed by atoms with Gasteiger partial charge >= 0.3 is 0 Å². The lowest BCUT2D eigenvalue weighted by atomic mass is 10.3. The third-order valence-electron chi connectivity index (χ3n) is 3.27. The average molecular weight is 456 g/mol. The molecular formula is C14H8Br2N4S2. The van der Waals surface area contributed by atoms with E-state index in [0.29, 0.717) is 0 Å². The standard InChI is InChI=1S/C14H8Br2N4S2/c15-9-1-3-11(13-7(9)5-17-19-13)21-22-12-4-2-10(16)8-6-18-20-14(8)12/h1-6H,(H,17,19)(H,18,20). The molecule has 110 valence electrons. The molecule has 0 atom stereocenters. The molecule has 0 spiro atoms. The first-order valence-corrected chi connectivity index (χ1v) is 10.1. The van der Waals surface area contributed by atoms with Gasteiger partial charge in [-0.1, -0.05) is 53.4 Å². The van der Waals surface area contributed by atoms with Gasteiger partial charge in [0.05, 0.1) is 23.4 Å². The van der Waals surface area contributed by atoms with Crippen LogP contribution in [0.5, 0.6) is 0 Å². The molecule has 4 rings (SSSR count). The minimum atomic E-state index is 1.05. The minimum Gasteiger partial charge on any atom is -0.277 e. The van der Waals surface area contributed by atoms with Gasteiger partial charge in [0, 0.05) is 29.5 Å². The molecule has 2 N–H and O–H groups in total.